The van der Waals surface area contributed by atoms with Crippen LogP contribution in [0, 0.1) is 5.92 Å². The molecule has 1 N–H and O–H groups in total. The standard InChI is InChI=1S/C24H31N3O2/c1-19(24(29)26(2)18-21-11-7-4-8-12-21)27-15-13-22(14-16-27)23(28)25-17-20-9-5-3-6-10-20/h3-12,19,22H,13-18H2,1-2H3,(H,25,28). The lowest BCUT2D eigenvalue weighted by Gasteiger charge is -2.36. The van der Waals surface area contributed by atoms with Crippen molar-refractivity contribution in [3.63, 3.8) is 0 Å². The van der Waals surface area contributed by atoms with Gasteiger partial charge in [0.1, 0.15) is 0 Å². The second-order valence-corrected chi connectivity index (χ2v) is 7.87. The van der Waals surface area contributed by atoms with Crippen LogP contribution >= 0.6 is 0 Å². The van der Waals surface area contributed by atoms with Crippen LogP contribution in [0.3, 0.4) is 0 Å². The maximum absolute atomic E-state index is 12.8. The average molecular weight is 394 g/mol. The minimum Gasteiger partial charge on any atom is -0.352 e. The topological polar surface area (TPSA) is 52.7 Å². The van der Waals surface area contributed by atoms with E-state index in [0.717, 1.165) is 37.1 Å². The highest BCUT2D eigenvalue weighted by Gasteiger charge is 2.30. The highest BCUT2D eigenvalue weighted by atomic mass is 16.2. The molecule has 29 heavy (non-hydrogen) atoms. The number of nitrogens with zero attached hydrogens (tertiary/aromatic N) is 2. The quantitative estimate of drug-likeness (QED) is 0.787. The molecule has 2 aromatic rings. The maximum atomic E-state index is 12.8. The first-order valence-electron chi connectivity index (χ1n) is 10.4. The maximum Gasteiger partial charge on any atom is 0.239 e. The molecule has 3 rings (SSSR count). The average Bonchev–Trinajstić information content (AvgIpc) is 2.78. The van der Waals surface area contributed by atoms with Crippen LogP contribution in [0.25, 0.3) is 0 Å². The molecule has 0 spiro atoms. The van der Waals surface area contributed by atoms with E-state index < -0.39 is 0 Å². The van der Waals surface area contributed by atoms with Gasteiger partial charge in [0.05, 0.1) is 6.04 Å². The Kier molecular flexibility index (Phi) is 7.42. The summed E-state index contributed by atoms with van der Waals surface area (Å²) in [5.74, 6) is 0.272. The van der Waals surface area contributed by atoms with Gasteiger partial charge in [-0.15, -0.1) is 0 Å². The van der Waals surface area contributed by atoms with Crippen LogP contribution in [0.5, 0.6) is 0 Å². The van der Waals surface area contributed by atoms with E-state index in [1.807, 2.05) is 74.6 Å². The predicted octanol–water partition coefficient (Wildman–Crippen LogP) is 3.06. The van der Waals surface area contributed by atoms with E-state index in [1.165, 1.54) is 0 Å². The number of piperidine rings is 1. The van der Waals surface area contributed by atoms with E-state index in [2.05, 4.69) is 10.2 Å². The van der Waals surface area contributed by atoms with Gasteiger partial charge in [-0.2, -0.15) is 0 Å². The molecule has 0 aromatic heterocycles. The molecule has 1 heterocycles. The molecule has 1 saturated heterocycles. The van der Waals surface area contributed by atoms with Gasteiger partial charge in [0.15, 0.2) is 0 Å². The highest BCUT2D eigenvalue weighted by Crippen LogP contribution is 2.20. The second-order valence-electron chi connectivity index (χ2n) is 7.87. The van der Waals surface area contributed by atoms with Gasteiger partial charge in [0, 0.05) is 26.1 Å². The fourth-order valence-electron chi connectivity index (χ4n) is 3.89. The minimum absolute atomic E-state index is 0.0271. The summed E-state index contributed by atoms with van der Waals surface area (Å²) < 4.78 is 0. The van der Waals surface area contributed by atoms with Crippen LogP contribution in [-0.4, -0.2) is 47.8 Å². The third-order valence-corrected chi connectivity index (χ3v) is 5.75. The summed E-state index contributed by atoms with van der Waals surface area (Å²) in [5, 5.41) is 3.05. The van der Waals surface area contributed by atoms with Crippen molar-refractivity contribution < 1.29 is 9.59 Å². The van der Waals surface area contributed by atoms with Gasteiger partial charge in [0.2, 0.25) is 11.8 Å². The molecule has 1 aliphatic rings. The molecule has 2 amide bonds. The molecule has 1 atom stereocenters. The number of nitrogens with one attached hydrogen (secondary N) is 1. The van der Waals surface area contributed by atoms with Gasteiger partial charge in [0.25, 0.3) is 0 Å². The lowest BCUT2D eigenvalue weighted by molar-refractivity contribution is -0.136. The number of benzene rings is 2. The third kappa shape index (κ3) is 5.91. The molecule has 154 valence electrons. The van der Waals surface area contributed by atoms with E-state index in [9.17, 15) is 9.59 Å². The number of likely N-dealkylation sites (tertiary alicyclic amines) is 1. The zero-order valence-electron chi connectivity index (χ0n) is 17.4. The van der Waals surface area contributed by atoms with E-state index in [1.54, 1.807) is 4.90 Å². The van der Waals surface area contributed by atoms with Gasteiger partial charge < -0.3 is 10.2 Å². The first-order valence-corrected chi connectivity index (χ1v) is 10.4. The summed E-state index contributed by atoms with van der Waals surface area (Å²) in [5.41, 5.74) is 2.24. The summed E-state index contributed by atoms with van der Waals surface area (Å²) >= 11 is 0. The normalized spacial score (nSPS) is 16.2. The number of carbonyl (C=O) groups excluding carboxylic acids is 2. The van der Waals surface area contributed by atoms with Crippen LogP contribution in [0.15, 0.2) is 60.7 Å². The Morgan fingerprint density at radius 3 is 2.14 bits per heavy atom. The highest BCUT2D eigenvalue weighted by molar-refractivity contribution is 5.81. The van der Waals surface area contributed by atoms with Crippen LogP contribution in [-0.2, 0) is 22.7 Å². The molecule has 5 heteroatoms. The molecule has 2 aromatic carbocycles. The van der Waals surface area contributed by atoms with Crippen LogP contribution in [0.2, 0.25) is 0 Å². The Bertz CT molecular complexity index is 786. The van der Waals surface area contributed by atoms with Gasteiger partial charge in [-0.1, -0.05) is 60.7 Å². The molecule has 0 aliphatic carbocycles. The molecule has 0 saturated carbocycles. The molecule has 5 nitrogen and oxygen atoms in total. The second kappa shape index (κ2) is 10.2. The number of rotatable bonds is 7. The number of hydrogen-bond donors (Lipinski definition) is 1. The fourth-order valence-corrected chi connectivity index (χ4v) is 3.89. The number of carbonyl (C=O) groups is 2. The molecule has 1 unspecified atom stereocenters. The summed E-state index contributed by atoms with van der Waals surface area (Å²) in [6, 6.07) is 19.8. The van der Waals surface area contributed by atoms with Crippen molar-refractivity contribution in [2.24, 2.45) is 5.92 Å². The van der Waals surface area contributed by atoms with Crippen LogP contribution < -0.4 is 5.32 Å². The Balaban J connectivity index is 1.44. The van der Waals surface area contributed by atoms with Gasteiger partial charge in [-0.3, -0.25) is 14.5 Å². The fraction of sp³-hybridized carbons (Fsp3) is 0.417. The summed E-state index contributed by atoms with van der Waals surface area (Å²) in [6.07, 6.45) is 1.58. The van der Waals surface area contributed by atoms with Crippen molar-refractivity contribution in [1.82, 2.24) is 15.1 Å². The van der Waals surface area contributed by atoms with Gasteiger partial charge >= 0.3 is 0 Å². The van der Waals surface area contributed by atoms with Crippen molar-refractivity contribution in [2.45, 2.75) is 38.9 Å². The zero-order valence-corrected chi connectivity index (χ0v) is 17.4. The molecule has 0 bridgehead atoms. The van der Waals surface area contributed by atoms with E-state index >= 15 is 0 Å². The van der Waals surface area contributed by atoms with Crippen molar-refractivity contribution in [3.05, 3.63) is 71.8 Å². The Morgan fingerprint density at radius 2 is 1.55 bits per heavy atom. The molecular formula is C24H31N3O2. The lowest BCUT2D eigenvalue weighted by atomic mass is 9.94. The Hall–Kier alpha value is -2.66. The van der Waals surface area contributed by atoms with Crippen molar-refractivity contribution in [3.8, 4) is 0 Å². The van der Waals surface area contributed by atoms with Gasteiger partial charge in [-0.25, -0.2) is 0 Å². The monoisotopic (exact) mass is 393 g/mol. The van der Waals surface area contributed by atoms with Crippen LogP contribution in [0.1, 0.15) is 30.9 Å². The zero-order chi connectivity index (χ0) is 20.6. The SMILES string of the molecule is CC(C(=O)N(C)Cc1ccccc1)N1CCC(C(=O)NCc2ccccc2)CC1. The molecular weight excluding hydrogens is 362 g/mol. The number of amides is 2. The summed E-state index contributed by atoms with van der Waals surface area (Å²) in [4.78, 5) is 29.3. The number of likely N-dealkylation sites (N-methyl/N-ethyl adjacent to an activating group) is 1. The van der Waals surface area contributed by atoms with Crippen LogP contribution in [0.4, 0.5) is 0 Å². The van der Waals surface area contributed by atoms with Crippen molar-refractivity contribution in [1.29, 1.82) is 0 Å². The molecule has 1 fully saturated rings. The minimum atomic E-state index is -0.169. The molecule has 1 aliphatic heterocycles. The first kappa shape index (κ1) is 21.1. The van der Waals surface area contributed by atoms with E-state index in [0.29, 0.717) is 13.1 Å². The smallest absolute Gasteiger partial charge is 0.239 e. The Labute approximate surface area is 173 Å². The Morgan fingerprint density at radius 1 is 1.00 bits per heavy atom. The van der Waals surface area contributed by atoms with Gasteiger partial charge in [-0.05, 0) is 44.0 Å². The summed E-state index contributed by atoms with van der Waals surface area (Å²) in [7, 11) is 1.86. The largest absolute Gasteiger partial charge is 0.352 e. The molecule has 0 radical (unpaired) electrons. The first-order chi connectivity index (χ1) is 14.0. The third-order valence-electron chi connectivity index (χ3n) is 5.75. The van der Waals surface area contributed by atoms with E-state index in [-0.39, 0.29) is 23.8 Å². The van der Waals surface area contributed by atoms with E-state index in [4.69, 9.17) is 0 Å². The van der Waals surface area contributed by atoms with Crippen molar-refractivity contribution in [2.75, 3.05) is 20.1 Å². The lowest BCUT2D eigenvalue weighted by Crippen LogP contribution is -2.50. The number of hydrogen-bond acceptors (Lipinski definition) is 3. The van der Waals surface area contributed by atoms with Crippen molar-refractivity contribution >= 4 is 11.8 Å². The predicted molar refractivity (Wildman–Crippen MR) is 115 cm³/mol. The summed E-state index contributed by atoms with van der Waals surface area (Å²) in [6.45, 7) is 4.70.